The Morgan fingerprint density at radius 2 is 2.00 bits per heavy atom. The molecule has 2 rings (SSSR count). The van der Waals surface area contributed by atoms with Crippen LogP contribution in [-0.2, 0) is 0 Å². The Labute approximate surface area is 167 Å². The van der Waals surface area contributed by atoms with Gasteiger partial charge in [-0.15, -0.1) is 0 Å². The van der Waals surface area contributed by atoms with Crippen LogP contribution in [0.15, 0.2) is 46.9 Å². The van der Waals surface area contributed by atoms with Crippen molar-refractivity contribution in [3.63, 3.8) is 0 Å². The molecule has 0 radical (unpaired) electrons. The molecule has 2 N–H and O–H groups in total. The smallest absolute Gasteiger partial charge is 0.257 e. The minimum absolute atomic E-state index is 0.0787. The van der Waals surface area contributed by atoms with Crippen molar-refractivity contribution in [1.82, 2.24) is 5.32 Å². The number of rotatable bonds is 6. The number of hydrogen-bond donors (Lipinski definition) is 2. The second-order valence-electron chi connectivity index (χ2n) is 5.68. The van der Waals surface area contributed by atoms with E-state index in [2.05, 4.69) is 26.6 Å². The fourth-order valence-electron chi connectivity index (χ4n) is 2.17. The largest absolute Gasteiger partial charge is 0.493 e. The maximum absolute atomic E-state index is 12.4. The molecule has 26 heavy (non-hydrogen) atoms. The predicted molar refractivity (Wildman–Crippen MR) is 111 cm³/mol. The highest BCUT2D eigenvalue weighted by molar-refractivity contribution is 9.10. The van der Waals surface area contributed by atoms with Gasteiger partial charge in [-0.3, -0.25) is 10.1 Å². The summed E-state index contributed by atoms with van der Waals surface area (Å²) in [6, 6.07) is 12.5. The van der Waals surface area contributed by atoms with Crippen molar-refractivity contribution in [2.24, 2.45) is 0 Å². The van der Waals surface area contributed by atoms with E-state index < -0.39 is 0 Å². The van der Waals surface area contributed by atoms with Gasteiger partial charge in [0.25, 0.3) is 5.91 Å². The molecule has 1 amide bonds. The second-order valence-corrected chi connectivity index (χ2v) is 6.94. The van der Waals surface area contributed by atoms with Crippen LogP contribution in [0, 0.1) is 0 Å². The van der Waals surface area contributed by atoms with Crippen LogP contribution in [0.1, 0.15) is 31.1 Å². The van der Waals surface area contributed by atoms with Crippen molar-refractivity contribution < 1.29 is 14.3 Å². The fraction of sp³-hybridized carbons (Fsp3) is 0.263. The molecule has 0 saturated carbocycles. The molecule has 0 bridgehead atoms. The topological polar surface area (TPSA) is 59.6 Å². The zero-order valence-corrected chi connectivity index (χ0v) is 17.2. The third kappa shape index (κ3) is 6.00. The normalized spacial score (nSPS) is 10.3. The third-order valence-corrected chi connectivity index (χ3v) is 4.01. The summed E-state index contributed by atoms with van der Waals surface area (Å²) >= 11 is 8.62. The van der Waals surface area contributed by atoms with Gasteiger partial charge in [-0.05, 0) is 79.3 Å². The highest BCUT2D eigenvalue weighted by atomic mass is 79.9. The van der Waals surface area contributed by atoms with Crippen LogP contribution in [0.3, 0.4) is 0 Å². The Kier molecular flexibility index (Phi) is 7.41. The fourth-order valence-corrected chi connectivity index (χ4v) is 2.88. The molecule has 0 spiro atoms. The van der Waals surface area contributed by atoms with Crippen LogP contribution in [0.25, 0.3) is 0 Å². The van der Waals surface area contributed by atoms with E-state index in [0.29, 0.717) is 22.4 Å². The lowest BCUT2D eigenvalue weighted by atomic mass is 10.2. The number of nitrogens with one attached hydrogen (secondary N) is 2. The first-order chi connectivity index (χ1) is 12.4. The van der Waals surface area contributed by atoms with Crippen LogP contribution in [0.2, 0.25) is 0 Å². The molecule has 0 heterocycles. The number of benzene rings is 2. The molecule has 0 aliphatic rings. The van der Waals surface area contributed by atoms with E-state index >= 15 is 0 Å². The summed E-state index contributed by atoms with van der Waals surface area (Å²) in [5, 5.41) is 5.86. The standard InChI is InChI=1S/C19H21BrN2O3S/c1-4-24-17-9-8-13(10-16(17)20)18(23)22-19(26)21-14-6-5-7-15(11-14)25-12(2)3/h5-12H,4H2,1-3H3,(H2,21,22,23,26). The number of halogens is 1. The average molecular weight is 437 g/mol. The van der Waals surface area contributed by atoms with E-state index in [1.807, 2.05) is 45.0 Å². The zero-order chi connectivity index (χ0) is 19.1. The molecular formula is C19H21BrN2O3S. The lowest BCUT2D eigenvalue weighted by molar-refractivity contribution is 0.0977. The van der Waals surface area contributed by atoms with E-state index in [1.165, 1.54) is 0 Å². The highest BCUT2D eigenvalue weighted by Gasteiger charge is 2.11. The van der Waals surface area contributed by atoms with E-state index in [9.17, 15) is 4.79 Å². The molecule has 0 aromatic heterocycles. The molecule has 0 unspecified atom stereocenters. The van der Waals surface area contributed by atoms with E-state index in [1.54, 1.807) is 18.2 Å². The SMILES string of the molecule is CCOc1ccc(C(=O)NC(=S)Nc2cccc(OC(C)C)c2)cc1Br. The van der Waals surface area contributed by atoms with Gasteiger partial charge in [0.05, 0.1) is 17.2 Å². The van der Waals surface area contributed by atoms with Gasteiger partial charge in [0, 0.05) is 17.3 Å². The van der Waals surface area contributed by atoms with E-state index in [4.69, 9.17) is 21.7 Å². The monoisotopic (exact) mass is 436 g/mol. The van der Waals surface area contributed by atoms with Crippen molar-refractivity contribution in [1.29, 1.82) is 0 Å². The van der Waals surface area contributed by atoms with Crippen molar-refractivity contribution in [2.45, 2.75) is 26.9 Å². The Morgan fingerprint density at radius 3 is 2.65 bits per heavy atom. The van der Waals surface area contributed by atoms with Gasteiger partial charge in [-0.25, -0.2) is 0 Å². The van der Waals surface area contributed by atoms with Gasteiger partial charge in [-0.2, -0.15) is 0 Å². The number of ether oxygens (including phenoxy) is 2. The molecule has 5 nitrogen and oxygen atoms in total. The van der Waals surface area contributed by atoms with Crippen molar-refractivity contribution in [3.05, 3.63) is 52.5 Å². The van der Waals surface area contributed by atoms with Crippen LogP contribution >= 0.6 is 28.1 Å². The zero-order valence-electron chi connectivity index (χ0n) is 14.8. The average Bonchev–Trinajstić information content (AvgIpc) is 2.56. The number of thiocarbonyl (C=S) groups is 1. The molecule has 0 atom stereocenters. The Bertz CT molecular complexity index is 796. The van der Waals surface area contributed by atoms with Crippen LogP contribution < -0.4 is 20.1 Å². The minimum atomic E-state index is -0.305. The quantitative estimate of drug-likeness (QED) is 0.639. The summed E-state index contributed by atoms with van der Waals surface area (Å²) in [5.41, 5.74) is 1.21. The summed E-state index contributed by atoms with van der Waals surface area (Å²) in [4.78, 5) is 12.4. The van der Waals surface area contributed by atoms with Crippen molar-refractivity contribution in [3.8, 4) is 11.5 Å². The molecule has 138 valence electrons. The number of anilines is 1. The van der Waals surface area contributed by atoms with Crippen molar-refractivity contribution in [2.75, 3.05) is 11.9 Å². The summed E-state index contributed by atoms with van der Waals surface area (Å²) in [6.45, 7) is 6.37. The minimum Gasteiger partial charge on any atom is -0.493 e. The summed E-state index contributed by atoms with van der Waals surface area (Å²) in [5.74, 6) is 1.11. The Morgan fingerprint density at radius 1 is 1.23 bits per heavy atom. The van der Waals surface area contributed by atoms with Crippen LogP contribution in [-0.4, -0.2) is 23.7 Å². The van der Waals surface area contributed by atoms with Gasteiger partial charge in [0.1, 0.15) is 11.5 Å². The number of amides is 1. The maximum Gasteiger partial charge on any atom is 0.257 e. The maximum atomic E-state index is 12.4. The highest BCUT2D eigenvalue weighted by Crippen LogP contribution is 2.26. The van der Waals surface area contributed by atoms with Gasteiger partial charge in [0.15, 0.2) is 5.11 Å². The summed E-state index contributed by atoms with van der Waals surface area (Å²) in [7, 11) is 0. The Balaban J connectivity index is 1.99. The lowest BCUT2D eigenvalue weighted by Gasteiger charge is -2.13. The summed E-state index contributed by atoms with van der Waals surface area (Å²) < 4.78 is 11.8. The molecule has 0 aliphatic heterocycles. The molecule has 0 aliphatic carbocycles. The van der Waals surface area contributed by atoms with Crippen LogP contribution in [0.5, 0.6) is 11.5 Å². The Hall–Kier alpha value is -2.12. The van der Waals surface area contributed by atoms with Gasteiger partial charge < -0.3 is 14.8 Å². The van der Waals surface area contributed by atoms with Gasteiger partial charge in [-0.1, -0.05) is 6.07 Å². The molecule has 0 saturated heterocycles. The molecule has 7 heteroatoms. The predicted octanol–water partition coefficient (Wildman–Crippen LogP) is 4.76. The second kappa shape index (κ2) is 9.54. The van der Waals surface area contributed by atoms with Gasteiger partial charge >= 0.3 is 0 Å². The number of carbonyl (C=O) groups is 1. The molecule has 0 fully saturated rings. The lowest BCUT2D eigenvalue weighted by Crippen LogP contribution is -2.34. The first-order valence-corrected chi connectivity index (χ1v) is 9.40. The van der Waals surface area contributed by atoms with Gasteiger partial charge in [0.2, 0.25) is 0 Å². The summed E-state index contributed by atoms with van der Waals surface area (Å²) in [6.07, 6.45) is 0.0787. The molecular weight excluding hydrogens is 416 g/mol. The van der Waals surface area contributed by atoms with Crippen LogP contribution in [0.4, 0.5) is 5.69 Å². The molecule has 2 aromatic carbocycles. The van der Waals surface area contributed by atoms with Crippen molar-refractivity contribution >= 4 is 44.9 Å². The number of hydrogen-bond acceptors (Lipinski definition) is 4. The molecule has 2 aromatic rings. The number of carbonyl (C=O) groups excluding carboxylic acids is 1. The van der Waals surface area contributed by atoms with E-state index in [-0.39, 0.29) is 17.1 Å². The third-order valence-electron chi connectivity index (χ3n) is 3.18. The first-order valence-electron chi connectivity index (χ1n) is 8.20. The first kappa shape index (κ1) is 20.2. The van der Waals surface area contributed by atoms with E-state index in [0.717, 1.165) is 11.4 Å².